The molecular formula is C65H40N2O2. The number of anilines is 6. The summed E-state index contributed by atoms with van der Waals surface area (Å²) in [6.07, 6.45) is 0. The van der Waals surface area contributed by atoms with E-state index in [1.165, 1.54) is 55.3 Å². The average Bonchev–Trinajstić information content (AvgIpc) is 4.14. The maximum Gasteiger partial charge on any atom is 0.137 e. The number of para-hydroxylation sites is 4. The topological polar surface area (TPSA) is 32.8 Å². The first-order chi connectivity index (χ1) is 34.2. The van der Waals surface area contributed by atoms with E-state index in [1.54, 1.807) is 0 Å². The van der Waals surface area contributed by atoms with E-state index in [4.69, 9.17) is 8.83 Å². The number of nitrogens with zero attached hydrogens (tertiary/aromatic N) is 2. The molecule has 0 N–H and O–H groups in total. The van der Waals surface area contributed by atoms with E-state index in [9.17, 15) is 0 Å². The summed E-state index contributed by atoms with van der Waals surface area (Å²) in [6.45, 7) is 0. The van der Waals surface area contributed by atoms with Gasteiger partial charge >= 0.3 is 0 Å². The zero-order valence-corrected chi connectivity index (χ0v) is 37.3. The summed E-state index contributed by atoms with van der Waals surface area (Å²) in [4.78, 5) is 4.80. The molecule has 322 valence electrons. The lowest BCUT2D eigenvalue weighted by Gasteiger charge is -2.32. The van der Waals surface area contributed by atoms with Crippen LogP contribution < -0.4 is 9.80 Å². The summed E-state index contributed by atoms with van der Waals surface area (Å²) < 4.78 is 12.9. The van der Waals surface area contributed by atoms with E-state index < -0.39 is 5.41 Å². The van der Waals surface area contributed by atoms with E-state index in [2.05, 4.69) is 240 Å². The Labute approximate surface area is 398 Å². The van der Waals surface area contributed by atoms with Crippen molar-refractivity contribution in [3.8, 4) is 22.3 Å². The minimum absolute atomic E-state index is 0.588. The number of furan rings is 2. The van der Waals surface area contributed by atoms with Crippen LogP contribution in [0.4, 0.5) is 34.1 Å². The first-order valence-electron chi connectivity index (χ1n) is 23.7. The molecule has 0 fully saturated rings. The van der Waals surface area contributed by atoms with Crippen LogP contribution in [0, 0.1) is 0 Å². The Hall–Kier alpha value is -9.12. The minimum Gasteiger partial charge on any atom is -0.456 e. The molecule has 0 aliphatic heterocycles. The largest absolute Gasteiger partial charge is 0.456 e. The van der Waals surface area contributed by atoms with Gasteiger partial charge in [0.05, 0.1) is 27.6 Å². The van der Waals surface area contributed by atoms with Gasteiger partial charge in [0, 0.05) is 33.5 Å². The molecule has 0 unspecified atom stereocenters. The van der Waals surface area contributed by atoms with Gasteiger partial charge in [-0.3, -0.25) is 0 Å². The molecule has 4 heteroatoms. The molecule has 0 saturated heterocycles. The lowest BCUT2D eigenvalue weighted by atomic mass is 9.70. The maximum absolute atomic E-state index is 6.49. The highest BCUT2D eigenvalue weighted by Gasteiger charge is 2.52. The quantitative estimate of drug-likeness (QED) is 0.167. The van der Waals surface area contributed by atoms with Crippen LogP contribution in [0.2, 0.25) is 0 Å². The monoisotopic (exact) mass is 880 g/mol. The van der Waals surface area contributed by atoms with E-state index in [0.717, 1.165) is 78.0 Å². The number of fused-ring (bicyclic) bond motifs is 17. The maximum atomic E-state index is 6.49. The van der Waals surface area contributed by atoms with Crippen LogP contribution in [0.3, 0.4) is 0 Å². The third-order valence-electron chi connectivity index (χ3n) is 14.8. The Bertz CT molecular complexity index is 4180. The molecule has 0 atom stereocenters. The van der Waals surface area contributed by atoms with Crippen molar-refractivity contribution in [2.24, 2.45) is 0 Å². The van der Waals surface area contributed by atoms with Crippen LogP contribution in [0.1, 0.15) is 22.3 Å². The molecule has 13 aromatic rings. The summed E-state index contributed by atoms with van der Waals surface area (Å²) >= 11 is 0. The van der Waals surface area contributed by atoms with Gasteiger partial charge in [-0.2, -0.15) is 0 Å². The summed E-state index contributed by atoms with van der Waals surface area (Å²) in [5.41, 5.74) is 19.6. The summed E-state index contributed by atoms with van der Waals surface area (Å²) in [5, 5.41) is 6.75. The molecule has 1 spiro atoms. The molecule has 0 bridgehead atoms. The molecule has 11 aromatic carbocycles. The number of hydrogen-bond donors (Lipinski definition) is 0. The molecule has 0 amide bonds. The van der Waals surface area contributed by atoms with Gasteiger partial charge in [-0.1, -0.05) is 146 Å². The molecule has 0 radical (unpaired) electrons. The van der Waals surface area contributed by atoms with Gasteiger partial charge in [0.15, 0.2) is 0 Å². The van der Waals surface area contributed by atoms with Gasteiger partial charge in [-0.25, -0.2) is 0 Å². The van der Waals surface area contributed by atoms with Crippen molar-refractivity contribution < 1.29 is 8.83 Å². The Morgan fingerprint density at radius 3 is 1.33 bits per heavy atom. The summed E-state index contributed by atoms with van der Waals surface area (Å²) in [7, 11) is 0. The van der Waals surface area contributed by atoms with Crippen LogP contribution in [0.25, 0.3) is 76.9 Å². The zero-order chi connectivity index (χ0) is 45.2. The smallest absolute Gasteiger partial charge is 0.137 e. The molecular weight excluding hydrogens is 841 g/mol. The van der Waals surface area contributed by atoms with Crippen molar-refractivity contribution in [3.05, 3.63) is 265 Å². The molecule has 69 heavy (non-hydrogen) atoms. The normalized spacial score (nSPS) is 13.0. The predicted octanol–water partition coefficient (Wildman–Crippen LogP) is 17.9. The molecule has 2 aliphatic carbocycles. The van der Waals surface area contributed by atoms with Gasteiger partial charge < -0.3 is 18.6 Å². The Morgan fingerprint density at radius 1 is 0.275 bits per heavy atom. The standard InChI is InChI=1S/C65H40N2O2/c1-3-17-43(18-4-1)66(57-27-15-31-61-63(57)50-23-9-13-29-59(50)68-61)45-34-33-41-38-52-49-36-35-46(67(44-19-5-2-6-20-44)58-28-16-32-62-64(58)51-24-10-14-30-60(51)69-62)40-56(49)65(55(52)39-42(41)37-45)53-25-11-7-21-47(53)48-22-8-12-26-54(48)65/h1-40H. The SMILES string of the molecule is c1ccc(N(c2ccc3c(c2)C2(c4ccccc4-c4ccccc42)c2cc4cc(N(c5ccccc5)c5cccc6oc7ccccc7c56)ccc4cc2-3)c2cccc3oc4ccccc4c23)cc1. The second kappa shape index (κ2) is 14.4. The second-order valence-corrected chi connectivity index (χ2v) is 18.3. The van der Waals surface area contributed by atoms with E-state index >= 15 is 0 Å². The number of rotatable bonds is 6. The molecule has 15 rings (SSSR count). The van der Waals surface area contributed by atoms with Crippen LogP contribution in [-0.4, -0.2) is 0 Å². The van der Waals surface area contributed by atoms with Crippen molar-refractivity contribution >= 4 is 88.8 Å². The van der Waals surface area contributed by atoms with Crippen molar-refractivity contribution in [2.45, 2.75) is 5.41 Å². The van der Waals surface area contributed by atoms with Crippen LogP contribution in [0.5, 0.6) is 0 Å². The molecule has 2 aromatic heterocycles. The Morgan fingerprint density at radius 2 is 0.739 bits per heavy atom. The van der Waals surface area contributed by atoms with Crippen molar-refractivity contribution in [1.82, 2.24) is 0 Å². The van der Waals surface area contributed by atoms with E-state index in [0.29, 0.717) is 0 Å². The van der Waals surface area contributed by atoms with Gasteiger partial charge in [0.1, 0.15) is 22.3 Å². The molecule has 4 nitrogen and oxygen atoms in total. The third-order valence-corrected chi connectivity index (χ3v) is 14.8. The highest BCUT2D eigenvalue weighted by Crippen LogP contribution is 2.64. The van der Waals surface area contributed by atoms with Crippen molar-refractivity contribution in [3.63, 3.8) is 0 Å². The second-order valence-electron chi connectivity index (χ2n) is 18.3. The minimum atomic E-state index is -0.588. The fraction of sp³-hybridized carbons (Fsp3) is 0.0154. The lowest BCUT2D eigenvalue weighted by Crippen LogP contribution is -2.26. The average molecular weight is 881 g/mol. The number of hydrogen-bond acceptors (Lipinski definition) is 4. The van der Waals surface area contributed by atoms with Crippen LogP contribution in [-0.2, 0) is 5.41 Å². The lowest BCUT2D eigenvalue weighted by molar-refractivity contribution is 0.668. The van der Waals surface area contributed by atoms with E-state index in [1.807, 2.05) is 12.1 Å². The highest BCUT2D eigenvalue weighted by molar-refractivity contribution is 6.15. The first-order valence-corrected chi connectivity index (χ1v) is 23.7. The van der Waals surface area contributed by atoms with Crippen LogP contribution >= 0.6 is 0 Å². The zero-order valence-electron chi connectivity index (χ0n) is 37.3. The van der Waals surface area contributed by atoms with E-state index in [-0.39, 0.29) is 0 Å². The molecule has 2 heterocycles. The predicted molar refractivity (Wildman–Crippen MR) is 284 cm³/mol. The summed E-state index contributed by atoms with van der Waals surface area (Å²) in [5.74, 6) is 0. The molecule has 0 saturated carbocycles. The third kappa shape index (κ3) is 5.34. The fourth-order valence-corrected chi connectivity index (χ4v) is 12.0. The van der Waals surface area contributed by atoms with Crippen LogP contribution in [0.15, 0.2) is 251 Å². The first kappa shape index (κ1) is 38.0. The number of benzene rings is 11. The Kier molecular flexibility index (Phi) is 7.96. The van der Waals surface area contributed by atoms with Gasteiger partial charge in [-0.15, -0.1) is 0 Å². The highest BCUT2D eigenvalue weighted by atomic mass is 16.3. The molecule has 2 aliphatic rings. The van der Waals surface area contributed by atoms with Crippen molar-refractivity contribution in [1.29, 1.82) is 0 Å². The van der Waals surface area contributed by atoms with Gasteiger partial charge in [-0.05, 0) is 152 Å². The van der Waals surface area contributed by atoms with Crippen molar-refractivity contribution in [2.75, 3.05) is 9.80 Å². The fourth-order valence-electron chi connectivity index (χ4n) is 12.0. The summed E-state index contributed by atoms with van der Waals surface area (Å²) in [6, 6.07) is 88.2. The van der Waals surface area contributed by atoms with Gasteiger partial charge in [0.2, 0.25) is 0 Å². The van der Waals surface area contributed by atoms with Gasteiger partial charge in [0.25, 0.3) is 0 Å². The Balaban J connectivity index is 0.983.